The molecule has 0 radical (unpaired) electrons. The highest BCUT2D eigenvalue weighted by Crippen LogP contribution is 2.33. The Morgan fingerprint density at radius 2 is 2.00 bits per heavy atom. The monoisotopic (exact) mass is 338 g/mol. The van der Waals surface area contributed by atoms with Crippen molar-refractivity contribution >= 4 is 23.2 Å². The molecule has 0 N–H and O–H groups in total. The Kier molecular flexibility index (Phi) is 6.16. The standard InChI is InChI=1S/C17H26N2O3S/c1-5-22-17(21)15-12(4)18-16(23-15)13-6-8-19(9-7-13)14(20)10-11(2)3/h11,13H,5-10H2,1-4H3. The molecule has 5 nitrogen and oxygen atoms in total. The first-order valence-electron chi connectivity index (χ1n) is 8.34. The molecule has 23 heavy (non-hydrogen) atoms. The Morgan fingerprint density at radius 1 is 1.35 bits per heavy atom. The van der Waals surface area contributed by atoms with Crippen molar-refractivity contribution in [3.8, 4) is 0 Å². The SMILES string of the molecule is CCOC(=O)c1sc(C2CCN(C(=O)CC(C)C)CC2)nc1C. The van der Waals surface area contributed by atoms with Gasteiger partial charge >= 0.3 is 5.97 Å². The van der Waals surface area contributed by atoms with Gasteiger partial charge in [-0.15, -0.1) is 11.3 Å². The van der Waals surface area contributed by atoms with E-state index in [0.717, 1.165) is 36.6 Å². The minimum atomic E-state index is -0.279. The third-order valence-corrected chi connectivity index (χ3v) is 5.35. The van der Waals surface area contributed by atoms with Crippen molar-refractivity contribution in [2.75, 3.05) is 19.7 Å². The molecule has 1 aromatic rings. The van der Waals surface area contributed by atoms with Crippen molar-refractivity contribution in [3.05, 3.63) is 15.6 Å². The molecule has 0 aromatic carbocycles. The summed E-state index contributed by atoms with van der Waals surface area (Å²) < 4.78 is 5.07. The largest absolute Gasteiger partial charge is 0.462 e. The predicted molar refractivity (Wildman–Crippen MR) is 90.8 cm³/mol. The number of amides is 1. The second kappa shape index (κ2) is 7.90. The first kappa shape index (κ1) is 17.9. The number of carbonyl (C=O) groups excluding carboxylic acids is 2. The van der Waals surface area contributed by atoms with Crippen LogP contribution in [0.15, 0.2) is 0 Å². The summed E-state index contributed by atoms with van der Waals surface area (Å²) in [4.78, 5) is 31.2. The molecule has 1 aromatic heterocycles. The lowest BCUT2D eigenvalue weighted by atomic mass is 9.97. The van der Waals surface area contributed by atoms with Crippen LogP contribution in [0.3, 0.4) is 0 Å². The van der Waals surface area contributed by atoms with Gasteiger partial charge in [-0.25, -0.2) is 9.78 Å². The molecule has 0 unspecified atom stereocenters. The van der Waals surface area contributed by atoms with Crippen molar-refractivity contribution in [1.82, 2.24) is 9.88 Å². The fourth-order valence-corrected chi connectivity index (χ4v) is 3.96. The van der Waals surface area contributed by atoms with Gasteiger partial charge in [-0.3, -0.25) is 4.79 Å². The number of hydrogen-bond donors (Lipinski definition) is 0. The zero-order chi connectivity index (χ0) is 17.0. The van der Waals surface area contributed by atoms with E-state index in [2.05, 4.69) is 18.8 Å². The molecule has 0 bridgehead atoms. The van der Waals surface area contributed by atoms with Crippen molar-refractivity contribution in [1.29, 1.82) is 0 Å². The quantitative estimate of drug-likeness (QED) is 0.772. The van der Waals surface area contributed by atoms with Gasteiger partial charge in [-0.05, 0) is 32.6 Å². The highest BCUT2D eigenvalue weighted by molar-refractivity contribution is 7.13. The summed E-state index contributed by atoms with van der Waals surface area (Å²) in [5, 5.41) is 1.00. The molecule has 0 spiro atoms. The number of likely N-dealkylation sites (tertiary alicyclic amines) is 1. The molecule has 1 saturated heterocycles. The summed E-state index contributed by atoms with van der Waals surface area (Å²) in [5.41, 5.74) is 0.752. The van der Waals surface area contributed by atoms with E-state index in [-0.39, 0.29) is 11.9 Å². The van der Waals surface area contributed by atoms with Crippen LogP contribution in [0, 0.1) is 12.8 Å². The number of rotatable bonds is 5. The van der Waals surface area contributed by atoms with Crippen molar-refractivity contribution < 1.29 is 14.3 Å². The van der Waals surface area contributed by atoms with Crippen LogP contribution < -0.4 is 0 Å². The minimum absolute atomic E-state index is 0.251. The summed E-state index contributed by atoms with van der Waals surface area (Å²) >= 11 is 1.45. The van der Waals surface area contributed by atoms with E-state index >= 15 is 0 Å². The highest BCUT2D eigenvalue weighted by atomic mass is 32.1. The lowest BCUT2D eigenvalue weighted by molar-refractivity contribution is -0.133. The summed E-state index contributed by atoms with van der Waals surface area (Å²) in [6.45, 7) is 9.74. The van der Waals surface area contributed by atoms with Gasteiger partial charge in [0.1, 0.15) is 4.88 Å². The van der Waals surface area contributed by atoms with Crippen molar-refractivity contribution in [2.24, 2.45) is 5.92 Å². The molecule has 1 aliphatic heterocycles. The van der Waals surface area contributed by atoms with Crippen LogP contribution in [0.1, 0.15) is 66.3 Å². The first-order chi connectivity index (χ1) is 10.9. The normalized spacial score (nSPS) is 16.0. The Bertz CT molecular complexity index is 560. The lowest BCUT2D eigenvalue weighted by Gasteiger charge is -2.31. The predicted octanol–water partition coefficient (Wildman–Crippen LogP) is 3.38. The molecule has 0 saturated carbocycles. The lowest BCUT2D eigenvalue weighted by Crippen LogP contribution is -2.38. The van der Waals surface area contributed by atoms with Gasteiger partial charge in [0.2, 0.25) is 5.91 Å². The fourth-order valence-electron chi connectivity index (χ4n) is 2.83. The molecule has 2 rings (SSSR count). The average molecular weight is 338 g/mol. The number of aryl methyl sites for hydroxylation is 1. The molecular formula is C17H26N2O3S. The maximum absolute atomic E-state index is 12.1. The van der Waals surface area contributed by atoms with Crippen LogP contribution in [0.4, 0.5) is 0 Å². The molecule has 0 atom stereocenters. The summed E-state index contributed by atoms with van der Waals surface area (Å²) in [7, 11) is 0. The van der Waals surface area contributed by atoms with E-state index < -0.39 is 0 Å². The second-order valence-corrected chi connectivity index (χ2v) is 7.47. The number of esters is 1. The van der Waals surface area contributed by atoms with E-state index in [0.29, 0.717) is 29.7 Å². The van der Waals surface area contributed by atoms with Crippen LogP contribution >= 0.6 is 11.3 Å². The van der Waals surface area contributed by atoms with Gasteiger partial charge in [-0.2, -0.15) is 0 Å². The van der Waals surface area contributed by atoms with E-state index in [1.54, 1.807) is 6.92 Å². The minimum Gasteiger partial charge on any atom is -0.462 e. The Balaban J connectivity index is 1.96. The third kappa shape index (κ3) is 4.53. The van der Waals surface area contributed by atoms with Gasteiger partial charge in [0.15, 0.2) is 0 Å². The van der Waals surface area contributed by atoms with Gasteiger partial charge in [0.25, 0.3) is 0 Å². The van der Waals surface area contributed by atoms with Gasteiger partial charge < -0.3 is 9.64 Å². The number of thiazole rings is 1. The highest BCUT2D eigenvalue weighted by Gasteiger charge is 2.27. The van der Waals surface area contributed by atoms with E-state index in [9.17, 15) is 9.59 Å². The first-order valence-corrected chi connectivity index (χ1v) is 9.16. The average Bonchev–Trinajstić information content (AvgIpc) is 2.89. The smallest absolute Gasteiger partial charge is 0.350 e. The molecule has 128 valence electrons. The fraction of sp³-hybridized carbons (Fsp3) is 0.706. The van der Waals surface area contributed by atoms with Crippen molar-refractivity contribution in [3.63, 3.8) is 0 Å². The molecule has 2 heterocycles. The maximum Gasteiger partial charge on any atom is 0.350 e. The molecule has 1 fully saturated rings. The number of piperidine rings is 1. The van der Waals surface area contributed by atoms with Gasteiger partial charge in [-0.1, -0.05) is 13.8 Å². The summed E-state index contributed by atoms with van der Waals surface area (Å²) in [6, 6.07) is 0. The number of nitrogens with zero attached hydrogens (tertiary/aromatic N) is 2. The van der Waals surface area contributed by atoms with E-state index in [4.69, 9.17) is 4.74 Å². The van der Waals surface area contributed by atoms with Gasteiger partial charge in [0.05, 0.1) is 17.3 Å². The van der Waals surface area contributed by atoms with E-state index in [1.165, 1.54) is 11.3 Å². The van der Waals surface area contributed by atoms with Crippen LogP contribution in [0.2, 0.25) is 0 Å². The zero-order valence-corrected chi connectivity index (χ0v) is 15.2. The third-order valence-electron chi connectivity index (χ3n) is 4.05. The maximum atomic E-state index is 12.1. The van der Waals surface area contributed by atoms with E-state index in [1.807, 2.05) is 11.8 Å². The summed E-state index contributed by atoms with van der Waals surface area (Å²) in [5.74, 6) is 0.707. The Morgan fingerprint density at radius 3 is 2.57 bits per heavy atom. The van der Waals surface area contributed by atoms with Gasteiger partial charge in [0, 0.05) is 25.4 Å². The zero-order valence-electron chi connectivity index (χ0n) is 14.4. The van der Waals surface area contributed by atoms with Crippen LogP contribution in [0.5, 0.6) is 0 Å². The topological polar surface area (TPSA) is 59.5 Å². The number of ether oxygens (including phenoxy) is 1. The number of aromatic nitrogens is 1. The number of carbonyl (C=O) groups is 2. The molecule has 1 aliphatic rings. The Hall–Kier alpha value is -1.43. The van der Waals surface area contributed by atoms with Crippen LogP contribution in [-0.4, -0.2) is 41.5 Å². The van der Waals surface area contributed by atoms with Crippen LogP contribution in [0.25, 0.3) is 0 Å². The van der Waals surface area contributed by atoms with Crippen LogP contribution in [-0.2, 0) is 9.53 Å². The summed E-state index contributed by atoms with van der Waals surface area (Å²) in [6.07, 6.45) is 2.45. The molecular weight excluding hydrogens is 312 g/mol. The number of hydrogen-bond acceptors (Lipinski definition) is 5. The molecule has 6 heteroatoms. The molecule has 0 aliphatic carbocycles. The second-order valence-electron chi connectivity index (χ2n) is 6.44. The molecule has 1 amide bonds. The Labute approximate surface area is 142 Å². The van der Waals surface area contributed by atoms with Crippen molar-refractivity contribution in [2.45, 2.75) is 52.9 Å².